The minimum absolute atomic E-state index is 1.07. The third kappa shape index (κ3) is 0.866. The molecule has 0 N–H and O–H groups in total. The van der Waals surface area contributed by atoms with E-state index in [1.807, 2.05) is 18.4 Å². The van der Waals surface area contributed by atoms with E-state index in [1.54, 1.807) is 11.3 Å². The molecule has 2 rings (SSSR count). The molecule has 0 fully saturated rings. The first kappa shape index (κ1) is 5.74. The van der Waals surface area contributed by atoms with Crippen LogP contribution in [-0.4, -0.2) is 0 Å². The van der Waals surface area contributed by atoms with Crippen molar-refractivity contribution >= 4 is 17.0 Å². The standard InChI is InChI=1S/C8H6NS/c1-2-8(9-4-1)7-3-5-10-6-7/h1-6H. The zero-order valence-electron chi connectivity index (χ0n) is 5.32. The minimum Gasteiger partial charge on any atom is -0.256 e. The summed E-state index contributed by atoms with van der Waals surface area (Å²) >= 11 is 1.70. The molecule has 1 aliphatic heterocycles. The largest absolute Gasteiger partial charge is 0.256 e. The van der Waals surface area contributed by atoms with Gasteiger partial charge in [-0.1, -0.05) is 0 Å². The van der Waals surface area contributed by atoms with E-state index in [2.05, 4.69) is 22.1 Å². The highest BCUT2D eigenvalue weighted by Crippen LogP contribution is 2.18. The summed E-state index contributed by atoms with van der Waals surface area (Å²) in [7, 11) is 0. The van der Waals surface area contributed by atoms with E-state index in [1.165, 1.54) is 5.56 Å². The van der Waals surface area contributed by atoms with Gasteiger partial charge in [-0.15, -0.1) is 0 Å². The van der Waals surface area contributed by atoms with E-state index in [-0.39, 0.29) is 0 Å². The maximum atomic E-state index is 4.17. The van der Waals surface area contributed by atoms with Crippen molar-refractivity contribution in [3.8, 4) is 0 Å². The van der Waals surface area contributed by atoms with Crippen molar-refractivity contribution in [2.75, 3.05) is 0 Å². The van der Waals surface area contributed by atoms with Crippen LogP contribution in [-0.2, 0) is 0 Å². The van der Waals surface area contributed by atoms with Gasteiger partial charge in [-0.25, -0.2) is 0 Å². The topological polar surface area (TPSA) is 14.1 Å². The number of nitrogens with zero attached hydrogens (tertiary/aromatic N) is 1. The first-order valence-electron chi connectivity index (χ1n) is 3.07. The molecule has 0 bridgehead atoms. The van der Waals surface area contributed by atoms with E-state index in [9.17, 15) is 0 Å². The summed E-state index contributed by atoms with van der Waals surface area (Å²) in [5.41, 5.74) is 2.29. The van der Waals surface area contributed by atoms with E-state index in [0.717, 1.165) is 5.70 Å². The molecule has 2 heteroatoms. The van der Waals surface area contributed by atoms with Crippen LogP contribution in [0, 0.1) is 0 Å². The fraction of sp³-hybridized carbons (Fsp3) is 0. The van der Waals surface area contributed by atoms with Crippen LogP contribution in [0.15, 0.2) is 35.2 Å². The number of thiophene rings is 1. The van der Waals surface area contributed by atoms with Crippen LogP contribution in [0.5, 0.6) is 0 Å². The van der Waals surface area contributed by atoms with Crippen LogP contribution >= 0.6 is 11.3 Å². The second-order valence-electron chi connectivity index (χ2n) is 2.03. The summed E-state index contributed by atoms with van der Waals surface area (Å²) < 4.78 is 0. The van der Waals surface area contributed by atoms with Gasteiger partial charge in [0.25, 0.3) is 0 Å². The van der Waals surface area contributed by atoms with Gasteiger partial charge in [-0.3, -0.25) is 5.32 Å². The van der Waals surface area contributed by atoms with Gasteiger partial charge in [0.05, 0.1) is 5.70 Å². The molecule has 0 saturated heterocycles. The fourth-order valence-electron chi connectivity index (χ4n) is 0.882. The van der Waals surface area contributed by atoms with Gasteiger partial charge in [0, 0.05) is 17.1 Å². The lowest BCUT2D eigenvalue weighted by atomic mass is 10.2. The molecule has 0 unspecified atom stereocenters. The Hall–Kier alpha value is -1.02. The lowest BCUT2D eigenvalue weighted by Gasteiger charge is -1.93. The zero-order valence-corrected chi connectivity index (χ0v) is 6.14. The molecule has 0 aliphatic carbocycles. The Morgan fingerprint density at radius 3 is 3.00 bits per heavy atom. The van der Waals surface area contributed by atoms with Gasteiger partial charge >= 0.3 is 0 Å². The van der Waals surface area contributed by atoms with Crippen molar-refractivity contribution in [2.24, 2.45) is 0 Å². The third-order valence-electron chi connectivity index (χ3n) is 1.37. The van der Waals surface area contributed by atoms with Crippen molar-refractivity contribution in [2.45, 2.75) is 0 Å². The van der Waals surface area contributed by atoms with Crippen molar-refractivity contribution in [3.05, 3.63) is 40.7 Å². The van der Waals surface area contributed by atoms with Crippen molar-refractivity contribution in [1.82, 2.24) is 5.32 Å². The average Bonchev–Trinajstić information content (AvgIpc) is 2.59. The quantitative estimate of drug-likeness (QED) is 0.579. The monoisotopic (exact) mass is 148 g/mol. The van der Waals surface area contributed by atoms with Crippen molar-refractivity contribution < 1.29 is 0 Å². The SMILES string of the molecule is C1=C[N]C(c2ccsc2)=C1. The maximum absolute atomic E-state index is 4.17. The Labute approximate surface area is 63.7 Å². The van der Waals surface area contributed by atoms with Gasteiger partial charge in [0.15, 0.2) is 0 Å². The van der Waals surface area contributed by atoms with Crippen LogP contribution in [0.2, 0.25) is 0 Å². The summed E-state index contributed by atoms with van der Waals surface area (Å²) in [6.07, 6.45) is 5.78. The van der Waals surface area contributed by atoms with Gasteiger partial charge in [0.2, 0.25) is 0 Å². The third-order valence-corrected chi connectivity index (χ3v) is 2.05. The Kier molecular flexibility index (Phi) is 1.32. The molecular weight excluding hydrogens is 142 g/mol. The lowest BCUT2D eigenvalue weighted by Crippen LogP contribution is -1.87. The van der Waals surface area contributed by atoms with Crippen LogP contribution < -0.4 is 5.32 Å². The minimum atomic E-state index is 1.07. The molecule has 1 radical (unpaired) electrons. The molecule has 49 valence electrons. The molecule has 1 aromatic rings. The van der Waals surface area contributed by atoms with E-state index >= 15 is 0 Å². The molecule has 0 aromatic carbocycles. The Bertz CT molecular complexity index is 269. The van der Waals surface area contributed by atoms with Gasteiger partial charge in [-0.2, -0.15) is 11.3 Å². The van der Waals surface area contributed by atoms with Gasteiger partial charge in [0.1, 0.15) is 0 Å². The molecule has 0 amide bonds. The predicted octanol–water partition coefficient (Wildman–Crippen LogP) is 2.22. The average molecular weight is 148 g/mol. The van der Waals surface area contributed by atoms with Crippen molar-refractivity contribution in [3.63, 3.8) is 0 Å². The Balaban J connectivity index is 2.30. The second kappa shape index (κ2) is 2.31. The number of hydrogen-bond acceptors (Lipinski definition) is 1. The number of rotatable bonds is 1. The first-order chi connectivity index (χ1) is 4.97. The zero-order chi connectivity index (χ0) is 6.81. The molecule has 0 atom stereocenters. The first-order valence-corrected chi connectivity index (χ1v) is 4.01. The summed E-state index contributed by atoms with van der Waals surface area (Å²) in [6.45, 7) is 0. The Morgan fingerprint density at radius 1 is 1.40 bits per heavy atom. The second-order valence-corrected chi connectivity index (χ2v) is 2.81. The highest BCUT2D eigenvalue weighted by molar-refractivity contribution is 7.08. The molecule has 1 nitrogen and oxygen atoms in total. The molecule has 2 heterocycles. The molecule has 1 aliphatic rings. The maximum Gasteiger partial charge on any atom is 0.0710 e. The van der Waals surface area contributed by atoms with E-state index in [4.69, 9.17) is 0 Å². The number of allylic oxidation sites excluding steroid dienone is 2. The predicted molar refractivity (Wildman–Crippen MR) is 43.6 cm³/mol. The highest BCUT2D eigenvalue weighted by Gasteiger charge is 2.02. The van der Waals surface area contributed by atoms with Crippen LogP contribution in [0.4, 0.5) is 0 Å². The summed E-state index contributed by atoms with van der Waals surface area (Å²) in [4.78, 5) is 0. The van der Waals surface area contributed by atoms with E-state index in [0.29, 0.717) is 0 Å². The van der Waals surface area contributed by atoms with E-state index < -0.39 is 0 Å². The fourth-order valence-corrected chi connectivity index (χ4v) is 1.53. The molecule has 0 saturated carbocycles. The smallest absolute Gasteiger partial charge is 0.0710 e. The number of hydrogen-bond donors (Lipinski definition) is 0. The van der Waals surface area contributed by atoms with Crippen LogP contribution in [0.25, 0.3) is 5.70 Å². The summed E-state index contributed by atoms with van der Waals surface area (Å²) in [6, 6.07) is 2.08. The normalized spacial score (nSPS) is 15.0. The lowest BCUT2D eigenvalue weighted by molar-refractivity contribution is 1.23. The summed E-state index contributed by atoms with van der Waals surface area (Å²) in [5, 5.41) is 8.32. The van der Waals surface area contributed by atoms with Crippen LogP contribution in [0.1, 0.15) is 5.56 Å². The van der Waals surface area contributed by atoms with Gasteiger partial charge < -0.3 is 0 Å². The Morgan fingerprint density at radius 2 is 2.40 bits per heavy atom. The van der Waals surface area contributed by atoms with Crippen LogP contribution in [0.3, 0.4) is 0 Å². The van der Waals surface area contributed by atoms with Gasteiger partial charge in [-0.05, 0) is 23.6 Å². The molecular formula is C8H6NS. The molecule has 10 heavy (non-hydrogen) atoms. The molecule has 0 spiro atoms. The summed E-state index contributed by atoms with van der Waals surface area (Å²) in [5.74, 6) is 0. The van der Waals surface area contributed by atoms with Crippen molar-refractivity contribution in [1.29, 1.82) is 0 Å². The molecule has 1 aromatic heterocycles. The highest BCUT2D eigenvalue weighted by atomic mass is 32.1.